The van der Waals surface area contributed by atoms with Crippen LogP contribution < -0.4 is 11.1 Å². The molecule has 0 aliphatic rings. The van der Waals surface area contributed by atoms with Gasteiger partial charge in [0.1, 0.15) is 12.1 Å². The summed E-state index contributed by atoms with van der Waals surface area (Å²) < 4.78 is 0. The van der Waals surface area contributed by atoms with Crippen molar-refractivity contribution in [1.29, 1.82) is 0 Å². The number of hydrogen-bond donors (Lipinski definition) is 2. The summed E-state index contributed by atoms with van der Waals surface area (Å²) in [6, 6.07) is 8.90. The fraction of sp³-hybridized carbons (Fsp3) is 0.0833. The molecular weight excluding hydrogens is 216 g/mol. The van der Waals surface area contributed by atoms with Gasteiger partial charge in [0, 0.05) is 23.0 Å². The van der Waals surface area contributed by atoms with Crippen molar-refractivity contribution < 1.29 is 4.79 Å². The van der Waals surface area contributed by atoms with Gasteiger partial charge in [-0.15, -0.1) is 0 Å². The SMILES string of the molecule is Cc1cc(Nc2cccc(C=O)c2)nc(N)n1. The molecule has 0 aliphatic carbocycles. The van der Waals surface area contributed by atoms with E-state index in [0.29, 0.717) is 11.4 Å². The van der Waals surface area contributed by atoms with Crippen molar-refractivity contribution in [2.24, 2.45) is 0 Å². The van der Waals surface area contributed by atoms with E-state index in [4.69, 9.17) is 5.73 Å². The molecule has 0 saturated heterocycles. The lowest BCUT2D eigenvalue weighted by atomic mass is 10.2. The summed E-state index contributed by atoms with van der Waals surface area (Å²) in [5, 5.41) is 3.07. The van der Waals surface area contributed by atoms with E-state index in [1.54, 1.807) is 24.3 Å². The van der Waals surface area contributed by atoms with Crippen LogP contribution in [-0.2, 0) is 0 Å². The third-order valence-electron chi connectivity index (χ3n) is 2.17. The maximum atomic E-state index is 10.6. The number of anilines is 3. The zero-order valence-electron chi connectivity index (χ0n) is 9.34. The minimum atomic E-state index is 0.221. The molecule has 0 bridgehead atoms. The Hall–Kier alpha value is -2.43. The summed E-state index contributed by atoms with van der Waals surface area (Å²) in [4.78, 5) is 18.7. The van der Waals surface area contributed by atoms with Crippen LogP contribution in [0, 0.1) is 6.92 Å². The van der Waals surface area contributed by atoms with E-state index in [2.05, 4.69) is 15.3 Å². The summed E-state index contributed by atoms with van der Waals surface area (Å²) in [5.41, 5.74) is 7.72. The molecule has 0 spiro atoms. The number of nitrogens with two attached hydrogens (primary N) is 1. The van der Waals surface area contributed by atoms with Crippen molar-refractivity contribution in [1.82, 2.24) is 9.97 Å². The Morgan fingerprint density at radius 3 is 2.82 bits per heavy atom. The van der Waals surface area contributed by atoms with Gasteiger partial charge in [-0.05, 0) is 19.1 Å². The summed E-state index contributed by atoms with van der Waals surface area (Å²) in [7, 11) is 0. The minimum absolute atomic E-state index is 0.221. The molecule has 0 aliphatic heterocycles. The second kappa shape index (κ2) is 4.61. The lowest BCUT2D eigenvalue weighted by Gasteiger charge is -2.07. The van der Waals surface area contributed by atoms with Crippen LogP contribution in [0.4, 0.5) is 17.5 Å². The Balaban J connectivity index is 2.27. The normalized spacial score (nSPS) is 9.94. The van der Waals surface area contributed by atoms with Gasteiger partial charge in [-0.2, -0.15) is 4.98 Å². The van der Waals surface area contributed by atoms with Crippen molar-refractivity contribution in [3.63, 3.8) is 0 Å². The number of aryl methyl sites for hydroxylation is 1. The largest absolute Gasteiger partial charge is 0.368 e. The van der Waals surface area contributed by atoms with E-state index in [1.807, 2.05) is 13.0 Å². The second-order valence-corrected chi connectivity index (χ2v) is 3.62. The van der Waals surface area contributed by atoms with E-state index in [9.17, 15) is 4.79 Å². The lowest BCUT2D eigenvalue weighted by molar-refractivity contribution is 0.112. The number of carbonyl (C=O) groups is 1. The summed E-state index contributed by atoms with van der Waals surface area (Å²) in [6.45, 7) is 1.84. The lowest BCUT2D eigenvalue weighted by Crippen LogP contribution is -2.01. The van der Waals surface area contributed by atoms with Gasteiger partial charge in [-0.25, -0.2) is 4.98 Å². The monoisotopic (exact) mass is 228 g/mol. The van der Waals surface area contributed by atoms with Gasteiger partial charge < -0.3 is 11.1 Å². The molecule has 0 fully saturated rings. The number of benzene rings is 1. The number of aromatic nitrogens is 2. The highest BCUT2D eigenvalue weighted by molar-refractivity contribution is 5.77. The fourth-order valence-electron chi connectivity index (χ4n) is 1.49. The van der Waals surface area contributed by atoms with Crippen molar-refractivity contribution in [3.8, 4) is 0 Å². The first-order valence-corrected chi connectivity index (χ1v) is 5.11. The number of carbonyl (C=O) groups excluding carboxylic acids is 1. The first-order chi connectivity index (χ1) is 8.17. The van der Waals surface area contributed by atoms with Crippen molar-refractivity contribution in [2.75, 3.05) is 11.1 Å². The highest BCUT2D eigenvalue weighted by Gasteiger charge is 2.00. The predicted octanol–water partition coefficient (Wildman–Crippen LogP) is 1.92. The Kier molecular flexibility index (Phi) is 3.00. The second-order valence-electron chi connectivity index (χ2n) is 3.62. The highest BCUT2D eigenvalue weighted by Crippen LogP contribution is 2.16. The Morgan fingerprint density at radius 2 is 2.12 bits per heavy atom. The van der Waals surface area contributed by atoms with E-state index in [0.717, 1.165) is 17.7 Å². The molecule has 1 heterocycles. The molecule has 0 atom stereocenters. The molecule has 17 heavy (non-hydrogen) atoms. The third-order valence-corrected chi connectivity index (χ3v) is 2.17. The summed E-state index contributed by atoms with van der Waals surface area (Å²) >= 11 is 0. The van der Waals surface area contributed by atoms with Gasteiger partial charge in [-0.1, -0.05) is 12.1 Å². The van der Waals surface area contributed by atoms with Crippen molar-refractivity contribution in [3.05, 3.63) is 41.6 Å². The third kappa shape index (κ3) is 2.78. The average Bonchev–Trinajstić information content (AvgIpc) is 2.28. The maximum Gasteiger partial charge on any atom is 0.222 e. The summed E-state index contributed by atoms with van der Waals surface area (Å²) in [6.07, 6.45) is 0.796. The quantitative estimate of drug-likeness (QED) is 0.784. The van der Waals surface area contributed by atoms with Crippen LogP contribution >= 0.6 is 0 Å². The molecular formula is C12H12N4O. The van der Waals surface area contributed by atoms with Crippen LogP contribution in [0.5, 0.6) is 0 Å². The predicted molar refractivity (Wildman–Crippen MR) is 66.3 cm³/mol. The topological polar surface area (TPSA) is 80.9 Å². The first-order valence-electron chi connectivity index (χ1n) is 5.11. The smallest absolute Gasteiger partial charge is 0.222 e. The van der Waals surface area contributed by atoms with E-state index in [-0.39, 0.29) is 5.95 Å². The van der Waals surface area contributed by atoms with Crippen molar-refractivity contribution >= 4 is 23.7 Å². The van der Waals surface area contributed by atoms with Gasteiger partial charge in [-0.3, -0.25) is 4.79 Å². The first kappa shape index (κ1) is 11.1. The fourth-order valence-corrected chi connectivity index (χ4v) is 1.49. The van der Waals surface area contributed by atoms with Crippen molar-refractivity contribution in [2.45, 2.75) is 6.92 Å². The average molecular weight is 228 g/mol. The molecule has 5 heteroatoms. The van der Waals surface area contributed by atoms with Gasteiger partial charge in [0.15, 0.2) is 0 Å². The molecule has 0 radical (unpaired) electrons. The van der Waals surface area contributed by atoms with Crippen LogP contribution in [-0.4, -0.2) is 16.3 Å². The van der Waals surface area contributed by atoms with Gasteiger partial charge in [0.05, 0.1) is 0 Å². The number of rotatable bonds is 3. The molecule has 3 N–H and O–H groups in total. The minimum Gasteiger partial charge on any atom is -0.368 e. The number of nitrogens with zero attached hydrogens (tertiary/aromatic N) is 2. The molecule has 2 rings (SSSR count). The Bertz CT molecular complexity index is 534. The van der Waals surface area contributed by atoms with Gasteiger partial charge in [0.25, 0.3) is 0 Å². The zero-order valence-corrected chi connectivity index (χ0v) is 9.34. The van der Waals surface area contributed by atoms with Gasteiger partial charge in [0.2, 0.25) is 5.95 Å². The molecule has 0 amide bonds. The van der Waals surface area contributed by atoms with E-state index < -0.39 is 0 Å². The molecule has 0 unspecified atom stereocenters. The van der Waals surface area contributed by atoms with E-state index in [1.165, 1.54) is 0 Å². The number of nitrogens with one attached hydrogen (secondary N) is 1. The number of aldehydes is 1. The Morgan fingerprint density at radius 1 is 1.29 bits per heavy atom. The number of hydrogen-bond acceptors (Lipinski definition) is 5. The molecule has 86 valence electrons. The number of nitrogen functional groups attached to an aromatic ring is 1. The van der Waals surface area contributed by atoms with Crippen LogP contribution in [0.3, 0.4) is 0 Å². The van der Waals surface area contributed by atoms with Crippen LogP contribution in [0.25, 0.3) is 0 Å². The summed E-state index contributed by atoms with van der Waals surface area (Å²) in [5.74, 6) is 0.831. The Labute approximate surface area is 98.7 Å². The molecule has 5 nitrogen and oxygen atoms in total. The standard InChI is InChI=1S/C12H12N4O/c1-8-5-11(16-12(13)14-8)15-10-4-2-3-9(6-10)7-17/h2-7H,1H3,(H3,13,14,15,16). The van der Waals surface area contributed by atoms with Gasteiger partial charge >= 0.3 is 0 Å². The highest BCUT2D eigenvalue weighted by atomic mass is 16.1. The zero-order chi connectivity index (χ0) is 12.3. The van der Waals surface area contributed by atoms with Crippen LogP contribution in [0.1, 0.15) is 16.1 Å². The van der Waals surface area contributed by atoms with Crippen LogP contribution in [0.15, 0.2) is 30.3 Å². The maximum absolute atomic E-state index is 10.6. The molecule has 2 aromatic rings. The van der Waals surface area contributed by atoms with Crippen LogP contribution in [0.2, 0.25) is 0 Å². The van der Waals surface area contributed by atoms with E-state index >= 15 is 0 Å². The molecule has 1 aromatic heterocycles. The molecule has 0 saturated carbocycles. The molecule has 1 aromatic carbocycles.